The Morgan fingerprint density at radius 1 is 1.19 bits per heavy atom. The maximum absolute atomic E-state index is 5.85. The standard InChI is InChI=1S/C12H19NO2S/c1-3-14-12(15-4-2)9-16-11-8-6-5-7-10(11)13/h5-8,12H,3-4,9,13H2,1-2H3. The number of nitrogens with two attached hydrogens (primary N) is 1. The molecule has 0 amide bonds. The summed E-state index contributed by atoms with van der Waals surface area (Å²) in [6.45, 7) is 5.26. The Balaban J connectivity index is 2.45. The van der Waals surface area contributed by atoms with E-state index < -0.39 is 0 Å². The molecule has 3 nitrogen and oxygen atoms in total. The zero-order valence-electron chi connectivity index (χ0n) is 9.81. The lowest BCUT2D eigenvalue weighted by atomic mass is 10.3. The molecule has 0 saturated carbocycles. The third kappa shape index (κ3) is 4.43. The smallest absolute Gasteiger partial charge is 0.166 e. The maximum Gasteiger partial charge on any atom is 0.166 e. The van der Waals surface area contributed by atoms with Gasteiger partial charge in [0.25, 0.3) is 0 Å². The first-order chi connectivity index (χ1) is 7.77. The maximum atomic E-state index is 5.85. The van der Waals surface area contributed by atoms with Crippen molar-refractivity contribution in [2.45, 2.75) is 25.0 Å². The summed E-state index contributed by atoms with van der Waals surface area (Å²) < 4.78 is 10.9. The second-order valence-electron chi connectivity index (χ2n) is 3.19. The normalized spacial score (nSPS) is 10.9. The molecule has 16 heavy (non-hydrogen) atoms. The van der Waals surface area contributed by atoms with Crippen LogP contribution in [0.4, 0.5) is 5.69 Å². The van der Waals surface area contributed by atoms with Crippen LogP contribution in [0.3, 0.4) is 0 Å². The van der Waals surface area contributed by atoms with E-state index in [1.807, 2.05) is 38.1 Å². The molecule has 0 saturated heterocycles. The highest BCUT2D eigenvalue weighted by molar-refractivity contribution is 7.99. The molecular formula is C12H19NO2S. The van der Waals surface area contributed by atoms with Crippen molar-refractivity contribution in [1.82, 2.24) is 0 Å². The molecule has 0 unspecified atom stereocenters. The molecule has 0 aromatic heterocycles. The SMILES string of the molecule is CCOC(CSc1ccccc1N)OCC. The van der Waals surface area contributed by atoms with E-state index in [9.17, 15) is 0 Å². The Hall–Kier alpha value is -0.710. The molecule has 0 aliphatic rings. The van der Waals surface area contributed by atoms with Gasteiger partial charge in [-0.3, -0.25) is 0 Å². The molecule has 0 aliphatic heterocycles. The van der Waals surface area contributed by atoms with Crippen LogP contribution in [0.5, 0.6) is 0 Å². The van der Waals surface area contributed by atoms with Crippen molar-refractivity contribution in [2.75, 3.05) is 24.7 Å². The van der Waals surface area contributed by atoms with Gasteiger partial charge in [0.05, 0.1) is 0 Å². The summed E-state index contributed by atoms with van der Waals surface area (Å²) in [5.74, 6) is 0.760. The first kappa shape index (κ1) is 13.4. The van der Waals surface area contributed by atoms with E-state index >= 15 is 0 Å². The second kappa shape index (κ2) is 7.54. The highest BCUT2D eigenvalue weighted by Gasteiger charge is 2.09. The van der Waals surface area contributed by atoms with Gasteiger partial charge in [0.2, 0.25) is 0 Å². The zero-order valence-corrected chi connectivity index (χ0v) is 10.6. The molecule has 0 radical (unpaired) electrons. The van der Waals surface area contributed by atoms with Crippen molar-refractivity contribution in [2.24, 2.45) is 0 Å². The average Bonchev–Trinajstić information content (AvgIpc) is 2.28. The molecule has 1 rings (SSSR count). The molecular weight excluding hydrogens is 222 g/mol. The monoisotopic (exact) mass is 241 g/mol. The van der Waals surface area contributed by atoms with Crippen LogP contribution >= 0.6 is 11.8 Å². The number of anilines is 1. The molecule has 2 N–H and O–H groups in total. The molecule has 0 spiro atoms. The Labute approximate surface area is 101 Å². The lowest BCUT2D eigenvalue weighted by Gasteiger charge is -2.16. The second-order valence-corrected chi connectivity index (χ2v) is 4.25. The first-order valence-electron chi connectivity index (χ1n) is 5.48. The molecule has 0 fully saturated rings. The number of benzene rings is 1. The van der Waals surface area contributed by atoms with E-state index in [1.54, 1.807) is 11.8 Å². The fraction of sp³-hybridized carbons (Fsp3) is 0.500. The third-order valence-corrected chi connectivity index (χ3v) is 3.12. The van der Waals surface area contributed by atoms with Crippen molar-refractivity contribution < 1.29 is 9.47 Å². The number of nitrogen functional groups attached to an aromatic ring is 1. The lowest BCUT2D eigenvalue weighted by molar-refractivity contribution is -0.120. The minimum absolute atomic E-state index is 0.153. The number of ether oxygens (including phenoxy) is 2. The summed E-state index contributed by atoms with van der Waals surface area (Å²) in [6, 6.07) is 7.82. The summed E-state index contributed by atoms with van der Waals surface area (Å²) in [5, 5.41) is 0. The first-order valence-corrected chi connectivity index (χ1v) is 6.47. The van der Waals surface area contributed by atoms with E-state index in [2.05, 4.69) is 0 Å². The fourth-order valence-corrected chi connectivity index (χ4v) is 2.20. The summed E-state index contributed by atoms with van der Waals surface area (Å²) in [5.41, 5.74) is 6.66. The van der Waals surface area contributed by atoms with Crippen LogP contribution in [0.25, 0.3) is 0 Å². The summed E-state index contributed by atoms with van der Waals surface area (Å²) >= 11 is 1.66. The zero-order chi connectivity index (χ0) is 11.8. The third-order valence-electron chi connectivity index (χ3n) is 2.00. The van der Waals surface area contributed by atoms with E-state index in [-0.39, 0.29) is 6.29 Å². The van der Waals surface area contributed by atoms with Crippen LogP contribution < -0.4 is 5.73 Å². The number of hydrogen-bond acceptors (Lipinski definition) is 4. The number of para-hydroxylation sites is 1. The minimum Gasteiger partial charge on any atom is -0.398 e. The van der Waals surface area contributed by atoms with Crippen LogP contribution in [-0.2, 0) is 9.47 Å². The van der Waals surface area contributed by atoms with E-state index in [0.717, 1.165) is 16.3 Å². The van der Waals surface area contributed by atoms with Crippen molar-refractivity contribution in [1.29, 1.82) is 0 Å². The molecule has 0 aliphatic carbocycles. The molecule has 90 valence electrons. The average molecular weight is 241 g/mol. The van der Waals surface area contributed by atoms with Crippen LogP contribution in [0.2, 0.25) is 0 Å². The van der Waals surface area contributed by atoms with Gasteiger partial charge >= 0.3 is 0 Å². The fourth-order valence-electron chi connectivity index (χ4n) is 1.29. The minimum atomic E-state index is -0.153. The van der Waals surface area contributed by atoms with Gasteiger partial charge in [0.15, 0.2) is 6.29 Å². The van der Waals surface area contributed by atoms with E-state index in [4.69, 9.17) is 15.2 Å². The van der Waals surface area contributed by atoms with Gasteiger partial charge < -0.3 is 15.2 Å². The lowest BCUT2D eigenvalue weighted by Crippen LogP contribution is -2.20. The van der Waals surface area contributed by atoms with Crippen LogP contribution in [-0.4, -0.2) is 25.3 Å². The van der Waals surface area contributed by atoms with Gasteiger partial charge in [-0.15, -0.1) is 11.8 Å². The Morgan fingerprint density at radius 2 is 1.81 bits per heavy atom. The van der Waals surface area contributed by atoms with Crippen LogP contribution in [0.15, 0.2) is 29.2 Å². The molecule has 4 heteroatoms. The molecule has 1 aromatic carbocycles. The van der Waals surface area contributed by atoms with Gasteiger partial charge in [-0.1, -0.05) is 12.1 Å². The quantitative estimate of drug-likeness (QED) is 0.453. The largest absolute Gasteiger partial charge is 0.398 e. The Kier molecular flexibility index (Phi) is 6.30. The van der Waals surface area contributed by atoms with E-state index in [0.29, 0.717) is 13.2 Å². The number of hydrogen-bond donors (Lipinski definition) is 1. The van der Waals surface area contributed by atoms with Gasteiger partial charge in [0.1, 0.15) is 0 Å². The predicted octanol–water partition coefficient (Wildman–Crippen LogP) is 2.76. The summed E-state index contributed by atoms with van der Waals surface area (Å²) in [7, 11) is 0. The summed E-state index contributed by atoms with van der Waals surface area (Å²) in [6.07, 6.45) is -0.153. The Bertz CT molecular complexity index is 301. The van der Waals surface area contributed by atoms with Gasteiger partial charge in [-0.25, -0.2) is 0 Å². The van der Waals surface area contributed by atoms with E-state index in [1.165, 1.54) is 0 Å². The van der Waals surface area contributed by atoms with Gasteiger partial charge in [-0.2, -0.15) is 0 Å². The summed E-state index contributed by atoms with van der Waals surface area (Å²) in [4.78, 5) is 1.08. The van der Waals surface area contributed by atoms with Crippen molar-refractivity contribution >= 4 is 17.4 Å². The molecule has 0 bridgehead atoms. The number of thioether (sulfide) groups is 1. The van der Waals surface area contributed by atoms with Gasteiger partial charge in [-0.05, 0) is 26.0 Å². The van der Waals surface area contributed by atoms with Crippen LogP contribution in [0, 0.1) is 0 Å². The molecule has 0 heterocycles. The Morgan fingerprint density at radius 3 is 2.38 bits per heavy atom. The van der Waals surface area contributed by atoms with Crippen molar-refractivity contribution in [3.05, 3.63) is 24.3 Å². The number of rotatable bonds is 7. The van der Waals surface area contributed by atoms with Crippen LogP contribution in [0.1, 0.15) is 13.8 Å². The van der Waals surface area contributed by atoms with Crippen molar-refractivity contribution in [3.8, 4) is 0 Å². The highest BCUT2D eigenvalue weighted by Crippen LogP contribution is 2.25. The predicted molar refractivity (Wildman–Crippen MR) is 68.6 cm³/mol. The molecule has 0 atom stereocenters. The molecule has 1 aromatic rings. The van der Waals surface area contributed by atoms with Gasteiger partial charge in [0, 0.05) is 29.5 Å². The topological polar surface area (TPSA) is 44.5 Å². The van der Waals surface area contributed by atoms with Crippen molar-refractivity contribution in [3.63, 3.8) is 0 Å². The highest BCUT2D eigenvalue weighted by atomic mass is 32.2.